The number of amides is 3. The topological polar surface area (TPSA) is 122 Å². The molecule has 178 valence electrons. The summed E-state index contributed by atoms with van der Waals surface area (Å²) in [6, 6.07) is 10.2. The van der Waals surface area contributed by atoms with Crippen LogP contribution in [0, 0.1) is 25.2 Å². The van der Waals surface area contributed by atoms with Crippen LogP contribution in [0.25, 0.3) is 6.08 Å². The molecule has 2 N–H and O–H groups in total. The molecule has 9 heteroatoms. The van der Waals surface area contributed by atoms with Gasteiger partial charge in [-0.05, 0) is 69.0 Å². The van der Waals surface area contributed by atoms with E-state index < -0.39 is 17.5 Å². The summed E-state index contributed by atoms with van der Waals surface area (Å²) in [5.41, 5.74) is 2.56. The first-order valence-electron chi connectivity index (χ1n) is 10.9. The Bertz CT molecular complexity index is 1170. The van der Waals surface area contributed by atoms with Gasteiger partial charge in [-0.3, -0.25) is 10.1 Å². The molecule has 2 aromatic rings. The number of urea groups is 1. The number of nitrogens with zero attached hydrogens (tertiary/aromatic N) is 2. The summed E-state index contributed by atoms with van der Waals surface area (Å²) in [7, 11) is 1.64. The third-order valence-corrected chi connectivity index (χ3v) is 5.94. The van der Waals surface area contributed by atoms with E-state index in [0.717, 1.165) is 22.5 Å². The first kappa shape index (κ1) is 24.7. The van der Waals surface area contributed by atoms with Crippen molar-refractivity contribution in [3.05, 3.63) is 58.4 Å². The van der Waals surface area contributed by atoms with Gasteiger partial charge in [-0.25, -0.2) is 9.59 Å². The molecular formula is C25H28N4O5. The Balaban J connectivity index is 1.65. The fourth-order valence-electron chi connectivity index (χ4n) is 3.83. The molecule has 1 fully saturated rings. The van der Waals surface area contributed by atoms with E-state index in [4.69, 9.17) is 9.47 Å². The fourth-order valence-corrected chi connectivity index (χ4v) is 3.83. The molecule has 0 radical (unpaired) electrons. The van der Waals surface area contributed by atoms with E-state index in [0.29, 0.717) is 31.7 Å². The number of imide groups is 1. The predicted molar refractivity (Wildman–Crippen MR) is 125 cm³/mol. The molecule has 3 amide bonds. The maximum Gasteiger partial charge on any atom is 0.354 e. The van der Waals surface area contributed by atoms with Gasteiger partial charge < -0.3 is 19.4 Å². The zero-order valence-corrected chi connectivity index (χ0v) is 19.7. The van der Waals surface area contributed by atoms with Crippen LogP contribution in [0.5, 0.6) is 5.75 Å². The van der Waals surface area contributed by atoms with Crippen molar-refractivity contribution < 1.29 is 23.9 Å². The van der Waals surface area contributed by atoms with Gasteiger partial charge in [0, 0.05) is 25.0 Å². The summed E-state index contributed by atoms with van der Waals surface area (Å²) in [4.78, 5) is 35.9. The molecule has 1 aromatic carbocycles. The Morgan fingerprint density at radius 3 is 2.53 bits per heavy atom. The van der Waals surface area contributed by atoms with Crippen molar-refractivity contribution in [2.45, 2.75) is 45.7 Å². The predicted octanol–water partition coefficient (Wildman–Crippen LogP) is 2.79. The number of hydrogen-bond donors (Lipinski definition) is 2. The highest BCUT2D eigenvalue weighted by atomic mass is 16.5. The number of aryl methyl sites for hydroxylation is 2. The van der Waals surface area contributed by atoms with Gasteiger partial charge in [0.05, 0.1) is 6.61 Å². The molecule has 3 rings (SSSR count). The molecule has 0 saturated carbocycles. The number of methoxy groups -OCH3 is 1. The minimum Gasteiger partial charge on any atom is -0.422 e. The summed E-state index contributed by atoms with van der Waals surface area (Å²) in [5, 5.41) is 14.4. The maximum atomic E-state index is 12.6. The van der Waals surface area contributed by atoms with Crippen molar-refractivity contribution in [2.75, 3.05) is 13.7 Å². The second kappa shape index (κ2) is 10.4. The van der Waals surface area contributed by atoms with Crippen molar-refractivity contribution in [3.63, 3.8) is 0 Å². The lowest BCUT2D eigenvalue weighted by Crippen LogP contribution is -2.43. The Morgan fingerprint density at radius 2 is 1.94 bits per heavy atom. The Kier molecular flexibility index (Phi) is 7.54. The van der Waals surface area contributed by atoms with Crippen molar-refractivity contribution >= 4 is 24.0 Å². The number of carbonyl (C=O) groups excluding carboxylic acids is 3. The van der Waals surface area contributed by atoms with Crippen molar-refractivity contribution in [1.82, 2.24) is 15.2 Å². The van der Waals surface area contributed by atoms with E-state index in [1.165, 1.54) is 6.08 Å². The zero-order valence-electron chi connectivity index (χ0n) is 19.7. The van der Waals surface area contributed by atoms with Crippen molar-refractivity contribution in [1.29, 1.82) is 5.26 Å². The van der Waals surface area contributed by atoms with Crippen molar-refractivity contribution in [3.8, 4) is 11.8 Å². The van der Waals surface area contributed by atoms with E-state index in [1.807, 2.05) is 26.0 Å². The lowest BCUT2D eigenvalue weighted by molar-refractivity contribution is -0.129. The standard InChI is InChI=1S/C25H28N4O5/c1-16-13-19(17(2)29(16)11-12-33-4)14-20(15-26)22(30)34-21-7-5-18(6-8-21)9-10-25(3)23(31)27-24(32)28-25/h5-8,13-14H,9-12H2,1-4H3,(H2,27,28,31,32)/b20-14+. The smallest absolute Gasteiger partial charge is 0.354 e. The third kappa shape index (κ3) is 5.53. The Labute approximate surface area is 198 Å². The van der Waals surface area contributed by atoms with Crippen LogP contribution in [0.4, 0.5) is 4.79 Å². The molecule has 1 unspecified atom stereocenters. The molecule has 0 spiro atoms. The summed E-state index contributed by atoms with van der Waals surface area (Å²) in [6.07, 6.45) is 2.50. The highest BCUT2D eigenvalue weighted by Crippen LogP contribution is 2.22. The SMILES string of the molecule is COCCn1c(C)cc(/C=C(\C#N)C(=O)Oc2ccc(CCC3(C)NC(=O)NC3=O)cc2)c1C. The molecule has 1 aliphatic rings. The van der Waals surface area contributed by atoms with Crippen LogP contribution in [0.2, 0.25) is 0 Å². The van der Waals surface area contributed by atoms with Crippen LogP contribution in [0.1, 0.15) is 35.9 Å². The van der Waals surface area contributed by atoms with Crippen LogP contribution in [-0.2, 0) is 27.3 Å². The second-order valence-corrected chi connectivity index (χ2v) is 8.41. The normalized spacial score (nSPS) is 17.8. The molecule has 1 aromatic heterocycles. The van der Waals surface area contributed by atoms with Gasteiger partial charge in [0.1, 0.15) is 22.9 Å². The minimum absolute atomic E-state index is 0.105. The number of aromatic nitrogens is 1. The third-order valence-electron chi connectivity index (χ3n) is 5.94. The lowest BCUT2D eigenvalue weighted by atomic mass is 9.93. The highest BCUT2D eigenvalue weighted by Gasteiger charge is 2.41. The quantitative estimate of drug-likeness (QED) is 0.193. The molecule has 0 aliphatic carbocycles. The van der Waals surface area contributed by atoms with E-state index in [-0.39, 0.29) is 11.5 Å². The molecule has 9 nitrogen and oxygen atoms in total. The lowest BCUT2D eigenvalue weighted by Gasteiger charge is -2.20. The molecular weight excluding hydrogens is 436 g/mol. The number of esters is 1. The summed E-state index contributed by atoms with van der Waals surface area (Å²) in [6.45, 7) is 6.79. The van der Waals surface area contributed by atoms with E-state index in [9.17, 15) is 19.6 Å². The van der Waals surface area contributed by atoms with E-state index >= 15 is 0 Å². The number of nitrogens with one attached hydrogen (secondary N) is 2. The van der Waals surface area contributed by atoms with Gasteiger partial charge in [-0.2, -0.15) is 5.26 Å². The number of rotatable bonds is 9. The molecule has 34 heavy (non-hydrogen) atoms. The molecule has 1 atom stereocenters. The molecule has 1 aliphatic heterocycles. The van der Waals surface area contributed by atoms with Crippen LogP contribution in [-0.4, -0.2) is 41.7 Å². The minimum atomic E-state index is -0.951. The number of nitriles is 1. The van der Waals surface area contributed by atoms with Gasteiger partial charge >= 0.3 is 12.0 Å². The maximum absolute atomic E-state index is 12.6. The van der Waals surface area contributed by atoms with E-state index in [1.54, 1.807) is 38.3 Å². The van der Waals surface area contributed by atoms with Crippen LogP contribution >= 0.6 is 0 Å². The fraction of sp³-hybridized carbons (Fsp3) is 0.360. The number of benzene rings is 1. The van der Waals surface area contributed by atoms with Crippen LogP contribution < -0.4 is 15.4 Å². The first-order chi connectivity index (χ1) is 16.2. The van der Waals surface area contributed by atoms with Gasteiger partial charge in [-0.15, -0.1) is 0 Å². The van der Waals surface area contributed by atoms with Gasteiger partial charge in [0.2, 0.25) is 0 Å². The monoisotopic (exact) mass is 464 g/mol. The Hall–Kier alpha value is -3.90. The van der Waals surface area contributed by atoms with Crippen LogP contribution in [0.15, 0.2) is 35.9 Å². The number of hydrogen-bond acceptors (Lipinski definition) is 6. The molecule has 2 heterocycles. The largest absolute Gasteiger partial charge is 0.422 e. The van der Waals surface area contributed by atoms with Crippen LogP contribution in [0.3, 0.4) is 0 Å². The number of carbonyl (C=O) groups is 3. The average Bonchev–Trinajstić information content (AvgIpc) is 3.22. The van der Waals surface area contributed by atoms with Gasteiger partial charge in [0.25, 0.3) is 5.91 Å². The zero-order chi connectivity index (χ0) is 24.9. The Morgan fingerprint density at radius 1 is 1.24 bits per heavy atom. The average molecular weight is 465 g/mol. The second-order valence-electron chi connectivity index (χ2n) is 8.41. The van der Waals surface area contributed by atoms with E-state index in [2.05, 4.69) is 15.2 Å². The number of ether oxygens (including phenoxy) is 2. The van der Waals surface area contributed by atoms with Gasteiger partial charge in [0.15, 0.2) is 0 Å². The summed E-state index contributed by atoms with van der Waals surface area (Å²) < 4.78 is 12.6. The van der Waals surface area contributed by atoms with Crippen molar-refractivity contribution in [2.24, 2.45) is 0 Å². The summed E-state index contributed by atoms with van der Waals surface area (Å²) in [5.74, 6) is -0.785. The summed E-state index contributed by atoms with van der Waals surface area (Å²) >= 11 is 0. The van der Waals surface area contributed by atoms with Gasteiger partial charge in [-0.1, -0.05) is 12.1 Å². The molecule has 1 saturated heterocycles. The first-order valence-corrected chi connectivity index (χ1v) is 10.9. The molecule has 0 bridgehead atoms. The highest BCUT2D eigenvalue weighted by molar-refractivity contribution is 6.06.